The van der Waals surface area contributed by atoms with E-state index in [1.165, 1.54) is 0 Å². The highest BCUT2D eigenvalue weighted by Gasteiger charge is 2.46. The average molecular weight is 792 g/mol. The number of nitrogens with zero attached hydrogens (tertiary/aromatic N) is 8. The van der Waals surface area contributed by atoms with Crippen LogP contribution in [0.2, 0.25) is 0 Å². The predicted octanol–water partition coefficient (Wildman–Crippen LogP) is 1.95. The van der Waals surface area contributed by atoms with E-state index in [9.17, 15) is 29.1 Å². The number of hydrogen-bond acceptors (Lipinski definition) is 12. The van der Waals surface area contributed by atoms with Crippen molar-refractivity contribution in [3.8, 4) is 0 Å². The van der Waals surface area contributed by atoms with E-state index in [4.69, 9.17) is 10.7 Å². The molecule has 2 unspecified atom stereocenters. The van der Waals surface area contributed by atoms with E-state index in [2.05, 4.69) is 42.5 Å². The number of amides is 6. The molecule has 1 spiro atoms. The van der Waals surface area contributed by atoms with E-state index in [1.54, 1.807) is 23.2 Å². The molecular formula is C41H49N11O6. The molecule has 6 aliphatic rings. The van der Waals surface area contributed by atoms with Gasteiger partial charge in [-0.15, -0.1) is 0 Å². The first-order valence-electron chi connectivity index (χ1n) is 20.2. The van der Waals surface area contributed by atoms with Gasteiger partial charge in [-0.2, -0.15) is 0 Å². The van der Waals surface area contributed by atoms with Crippen molar-refractivity contribution >= 4 is 52.7 Å². The minimum Gasteiger partial charge on any atom is -0.372 e. The lowest BCUT2D eigenvalue weighted by Crippen LogP contribution is -2.59. The Morgan fingerprint density at radius 3 is 2.41 bits per heavy atom. The molecule has 5 saturated heterocycles. The molecule has 1 aromatic heterocycles. The van der Waals surface area contributed by atoms with Crippen molar-refractivity contribution in [2.45, 2.75) is 63.4 Å². The van der Waals surface area contributed by atoms with Gasteiger partial charge in [-0.3, -0.25) is 29.0 Å². The fourth-order valence-corrected chi connectivity index (χ4v) is 9.69. The van der Waals surface area contributed by atoms with Gasteiger partial charge in [0.1, 0.15) is 12.0 Å². The number of aliphatic hydroxyl groups excluding tert-OH is 1. The molecule has 3 atom stereocenters. The molecule has 0 saturated carbocycles. The van der Waals surface area contributed by atoms with Gasteiger partial charge in [0.15, 0.2) is 11.5 Å². The summed E-state index contributed by atoms with van der Waals surface area (Å²) in [4.78, 5) is 84.1. The number of piperidine rings is 3. The number of imide groups is 1. The van der Waals surface area contributed by atoms with Gasteiger partial charge in [0, 0.05) is 83.7 Å². The van der Waals surface area contributed by atoms with Crippen LogP contribution in [0.25, 0.3) is 0 Å². The third-order valence-electron chi connectivity index (χ3n) is 12.9. The number of nitrogens with two attached hydrogens (primary N) is 1. The minimum atomic E-state index is -1.28. The smallest absolute Gasteiger partial charge is 0.320 e. The highest BCUT2D eigenvalue weighted by atomic mass is 16.3. The van der Waals surface area contributed by atoms with Crippen molar-refractivity contribution in [1.82, 2.24) is 34.9 Å². The third kappa shape index (κ3) is 6.95. The molecule has 9 rings (SSSR count). The standard InChI is InChI=1S/C41H49N11O6/c1-47-17-18-51(40(47)58)28-3-2-14-50(22-28)32-20-43-34(35(42)54)36(45-32)44-26-5-7-27(8-6-26)49-15-12-41(13-16-49)23-48(24-41)21-25-4-9-29-30(19-25)39(57)52(38(29)56)31-10-11-33(53)46-37(31)55/h4-9,19-20,28,31,37,55H,2-3,10-18,21-24H2,1H3,(H2,42,54)(H,44,45)(H,46,53)/t28-,31?,37?/m1/s1. The summed E-state index contributed by atoms with van der Waals surface area (Å²) in [7, 11) is 1.83. The van der Waals surface area contributed by atoms with Crippen LogP contribution >= 0.6 is 0 Å². The number of carbonyl (C=O) groups is 5. The number of rotatable bonds is 9. The Kier molecular flexibility index (Phi) is 9.66. The summed E-state index contributed by atoms with van der Waals surface area (Å²) in [6, 6.07) is 12.9. The molecule has 17 nitrogen and oxygen atoms in total. The van der Waals surface area contributed by atoms with E-state index >= 15 is 0 Å². The van der Waals surface area contributed by atoms with Gasteiger partial charge in [0.05, 0.1) is 29.4 Å². The van der Waals surface area contributed by atoms with Crippen molar-refractivity contribution < 1.29 is 29.1 Å². The zero-order valence-corrected chi connectivity index (χ0v) is 32.6. The quantitative estimate of drug-likeness (QED) is 0.230. The lowest BCUT2D eigenvalue weighted by molar-refractivity contribution is -0.129. The summed E-state index contributed by atoms with van der Waals surface area (Å²) in [6.45, 7) is 7.31. The van der Waals surface area contributed by atoms with Gasteiger partial charge in [-0.05, 0) is 79.5 Å². The van der Waals surface area contributed by atoms with Gasteiger partial charge < -0.3 is 41.1 Å². The number of urea groups is 1. The number of aliphatic hydroxyl groups is 1. The molecule has 6 aliphatic heterocycles. The van der Waals surface area contributed by atoms with E-state index in [0.717, 1.165) is 86.8 Å². The summed E-state index contributed by atoms with van der Waals surface area (Å²) in [5, 5.41) is 16.1. The third-order valence-corrected chi connectivity index (χ3v) is 12.9. The SMILES string of the molecule is CN1CCN([C@@H]2CCCN(c3cnc(C(N)=O)c(Nc4ccc(N5CCC6(CC5)CN(Cc5ccc7c(c5)C(=O)N(C5CCC(=O)NC5O)C7=O)C6)cc4)n3)C2)C1=O. The van der Waals surface area contributed by atoms with E-state index < -0.39 is 30.0 Å². The summed E-state index contributed by atoms with van der Waals surface area (Å²) in [6.07, 6.45) is 4.64. The fourth-order valence-electron chi connectivity index (χ4n) is 9.69. The molecule has 2 aromatic carbocycles. The Hall–Kier alpha value is -5.81. The van der Waals surface area contributed by atoms with Gasteiger partial charge >= 0.3 is 6.03 Å². The first-order valence-corrected chi connectivity index (χ1v) is 20.2. The van der Waals surface area contributed by atoms with Crippen LogP contribution in [-0.2, 0) is 11.3 Å². The lowest BCUT2D eigenvalue weighted by atomic mass is 9.71. The molecule has 5 fully saturated rings. The van der Waals surface area contributed by atoms with Crippen LogP contribution in [0, 0.1) is 5.41 Å². The molecule has 5 N–H and O–H groups in total. The maximum atomic E-state index is 13.3. The summed E-state index contributed by atoms with van der Waals surface area (Å²) in [5.74, 6) is -0.900. The number of hydrogen-bond donors (Lipinski definition) is 4. The number of anilines is 4. The molecule has 0 bridgehead atoms. The molecule has 0 aliphatic carbocycles. The molecule has 3 aromatic rings. The number of likely N-dealkylation sites (tertiary alicyclic amines) is 1. The Balaban J connectivity index is 0.783. The molecule has 0 radical (unpaired) electrons. The first kappa shape index (κ1) is 37.7. The Morgan fingerprint density at radius 2 is 1.71 bits per heavy atom. The van der Waals surface area contributed by atoms with Crippen LogP contribution in [0.15, 0.2) is 48.7 Å². The predicted molar refractivity (Wildman–Crippen MR) is 214 cm³/mol. The Morgan fingerprint density at radius 1 is 0.948 bits per heavy atom. The molecule has 17 heteroatoms. The fraction of sp³-hybridized carbons (Fsp3) is 0.488. The van der Waals surface area contributed by atoms with Crippen molar-refractivity contribution in [2.75, 3.05) is 74.5 Å². The number of primary amides is 1. The van der Waals surface area contributed by atoms with E-state index in [0.29, 0.717) is 42.4 Å². The topological polar surface area (TPSA) is 201 Å². The van der Waals surface area contributed by atoms with Crippen molar-refractivity contribution in [3.63, 3.8) is 0 Å². The van der Waals surface area contributed by atoms with Gasteiger partial charge in [0.25, 0.3) is 17.7 Å². The van der Waals surface area contributed by atoms with Gasteiger partial charge in [-0.1, -0.05) is 6.07 Å². The molecule has 6 amide bonds. The zero-order chi connectivity index (χ0) is 40.3. The Labute approximate surface area is 336 Å². The average Bonchev–Trinajstić information content (AvgIpc) is 3.67. The Bertz CT molecular complexity index is 2150. The number of benzene rings is 2. The van der Waals surface area contributed by atoms with Crippen LogP contribution in [0.1, 0.15) is 75.3 Å². The maximum absolute atomic E-state index is 13.3. The summed E-state index contributed by atoms with van der Waals surface area (Å²) >= 11 is 0. The highest BCUT2D eigenvalue weighted by molar-refractivity contribution is 6.21. The van der Waals surface area contributed by atoms with Crippen LogP contribution < -0.4 is 26.2 Å². The molecule has 58 heavy (non-hydrogen) atoms. The van der Waals surface area contributed by atoms with Crippen molar-refractivity contribution in [2.24, 2.45) is 11.1 Å². The maximum Gasteiger partial charge on any atom is 0.320 e. The number of carbonyl (C=O) groups excluding carboxylic acids is 5. The van der Waals surface area contributed by atoms with Gasteiger partial charge in [-0.25, -0.2) is 14.8 Å². The summed E-state index contributed by atoms with van der Waals surface area (Å²) < 4.78 is 0. The second-order valence-electron chi connectivity index (χ2n) is 16.7. The van der Waals surface area contributed by atoms with Crippen LogP contribution in [-0.4, -0.2) is 142 Å². The molecule has 7 heterocycles. The normalized spacial score (nSPS) is 24.7. The van der Waals surface area contributed by atoms with Gasteiger partial charge in [0.2, 0.25) is 5.91 Å². The van der Waals surface area contributed by atoms with Crippen LogP contribution in [0.5, 0.6) is 0 Å². The lowest BCUT2D eigenvalue weighted by Gasteiger charge is -2.54. The molecule has 304 valence electrons. The largest absolute Gasteiger partial charge is 0.372 e. The first-order chi connectivity index (χ1) is 27.9. The minimum absolute atomic E-state index is 0.0568. The highest BCUT2D eigenvalue weighted by Crippen LogP contribution is 2.42. The second-order valence-corrected chi connectivity index (χ2v) is 16.7. The van der Waals surface area contributed by atoms with Crippen LogP contribution in [0.4, 0.5) is 27.8 Å². The van der Waals surface area contributed by atoms with Crippen molar-refractivity contribution in [3.05, 3.63) is 71.0 Å². The van der Waals surface area contributed by atoms with E-state index in [-0.39, 0.29) is 41.9 Å². The second kappa shape index (κ2) is 14.8. The van der Waals surface area contributed by atoms with Crippen LogP contribution in [0.3, 0.4) is 0 Å². The number of aromatic nitrogens is 2. The van der Waals surface area contributed by atoms with Crippen molar-refractivity contribution in [1.29, 1.82) is 0 Å². The van der Waals surface area contributed by atoms with E-state index in [1.807, 2.05) is 30.1 Å². The molecular weight excluding hydrogens is 743 g/mol. The number of likely N-dealkylation sites (N-methyl/N-ethyl adjacent to an activating group) is 1. The monoisotopic (exact) mass is 791 g/mol. The number of fused-ring (bicyclic) bond motifs is 1. The summed E-state index contributed by atoms with van der Waals surface area (Å²) in [5.41, 5.74) is 9.52. The zero-order valence-electron chi connectivity index (χ0n) is 32.6. The number of nitrogens with one attached hydrogen (secondary N) is 2.